The monoisotopic (exact) mass is 291 g/mol. The summed E-state index contributed by atoms with van der Waals surface area (Å²) in [4.78, 5) is 12.6. The predicted molar refractivity (Wildman–Crippen MR) is 60.0 cm³/mol. The molecule has 1 rings (SSSR count). The third-order valence-corrected chi connectivity index (χ3v) is 2.57. The first-order chi connectivity index (χ1) is 6.16. The zero-order valence-corrected chi connectivity index (χ0v) is 9.61. The fourth-order valence-electron chi connectivity index (χ4n) is 0.959. The maximum atomic E-state index is 11.2. The van der Waals surface area contributed by atoms with Crippen LogP contribution in [0.1, 0.15) is 0 Å². The molecule has 0 saturated carbocycles. The molecule has 13 heavy (non-hydrogen) atoms. The van der Waals surface area contributed by atoms with E-state index >= 15 is 0 Å². The van der Waals surface area contributed by atoms with Crippen LogP contribution in [-0.2, 0) is 4.74 Å². The predicted octanol–water partition coefficient (Wildman–Crippen LogP) is 2.49. The highest BCUT2D eigenvalue weighted by atomic mass is 127. The molecule has 1 amide bonds. The minimum Gasteiger partial charge on any atom is -0.452 e. The summed E-state index contributed by atoms with van der Waals surface area (Å²) in [5, 5.41) is 0. The zero-order valence-electron chi connectivity index (χ0n) is 7.45. The lowest BCUT2D eigenvalue weighted by Crippen LogP contribution is -2.26. The van der Waals surface area contributed by atoms with Crippen LogP contribution in [0, 0.1) is 3.57 Å². The molecular weight excluding hydrogens is 281 g/mol. The number of anilines is 1. The number of carbonyl (C=O) groups excluding carboxylic acids is 1. The first-order valence-electron chi connectivity index (χ1n) is 3.73. The van der Waals surface area contributed by atoms with Crippen molar-refractivity contribution in [1.82, 2.24) is 0 Å². The van der Waals surface area contributed by atoms with Crippen LogP contribution in [0.4, 0.5) is 10.5 Å². The Kier molecular flexibility index (Phi) is 3.53. The fraction of sp³-hybridized carbons (Fsp3) is 0.222. The Morgan fingerprint density at radius 1 is 1.46 bits per heavy atom. The molecule has 0 aliphatic heterocycles. The van der Waals surface area contributed by atoms with Gasteiger partial charge in [0, 0.05) is 10.6 Å². The second-order valence-electron chi connectivity index (χ2n) is 2.48. The molecule has 0 radical (unpaired) electrons. The van der Waals surface area contributed by atoms with Crippen molar-refractivity contribution >= 4 is 34.4 Å². The first-order valence-corrected chi connectivity index (χ1v) is 4.81. The van der Waals surface area contributed by atoms with Crippen LogP contribution >= 0.6 is 22.6 Å². The van der Waals surface area contributed by atoms with Crippen LogP contribution in [-0.4, -0.2) is 20.3 Å². The van der Waals surface area contributed by atoms with Crippen molar-refractivity contribution in [1.29, 1.82) is 0 Å². The van der Waals surface area contributed by atoms with Gasteiger partial charge in [-0.3, -0.25) is 4.90 Å². The summed E-state index contributed by atoms with van der Waals surface area (Å²) in [5.74, 6) is 0. The van der Waals surface area contributed by atoms with E-state index in [0.29, 0.717) is 0 Å². The maximum absolute atomic E-state index is 11.2. The van der Waals surface area contributed by atoms with Gasteiger partial charge in [0.05, 0.1) is 12.8 Å². The van der Waals surface area contributed by atoms with Gasteiger partial charge in [-0.2, -0.15) is 0 Å². The van der Waals surface area contributed by atoms with Crippen LogP contribution in [0.5, 0.6) is 0 Å². The number of amides is 1. The summed E-state index contributed by atoms with van der Waals surface area (Å²) in [6, 6.07) is 7.63. The number of nitrogens with zero attached hydrogens (tertiary/aromatic N) is 1. The zero-order chi connectivity index (χ0) is 9.84. The molecule has 0 fully saturated rings. The Morgan fingerprint density at radius 3 is 2.62 bits per heavy atom. The highest BCUT2D eigenvalue weighted by Crippen LogP contribution is 2.20. The average Bonchev–Trinajstić information content (AvgIpc) is 2.16. The standard InChI is InChI=1S/C9H10INO2/c1-11(9(12)13-2)8-6-4-3-5-7(8)10/h3-6H,1-2H3. The highest BCUT2D eigenvalue weighted by Gasteiger charge is 2.12. The van der Waals surface area contributed by atoms with E-state index in [-0.39, 0.29) is 6.09 Å². The number of benzene rings is 1. The average molecular weight is 291 g/mol. The lowest BCUT2D eigenvalue weighted by Gasteiger charge is -2.16. The summed E-state index contributed by atoms with van der Waals surface area (Å²) in [5.41, 5.74) is 0.856. The Labute approximate surface area is 90.8 Å². The van der Waals surface area contributed by atoms with Gasteiger partial charge >= 0.3 is 6.09 Å². The smallest absolute Gasteiger partial charge is 0.413 e. The van der Waals surface area contributed by atoms with Gasteiger partial charge in [0.15, 0.2) is 0 Å². The van der Waals surface area contributed by atoms with E-state index in [2.05, 4.69) is 27.3 Å². The number of hydrogen-bond donors (Lipinski definition) is 0. The van der Waals surface area contributed by atoms with Crippen molar-refractivity contribution in [3.05, 3.63) is 27.8 Å². The van der Waals surface area contributed by atoms with Crippen molar-refractivity contribution in [2.75, 3.05) is 19.1 Å². The van der Waals surface area contributed by atoms with Gasteiger partial charge in [0.2, 0.25) is 0 Å². The molecule has 0 bridgehead atoms. The number of carbonyl (C=O) groups is 1. The van der Waals surface area contributed by atoms with Gasteiger partial charge in [-0.25, -0.2) is 4.79 Å². The van der Waals surface area contributed by atoms with Crippen molar-refractivity contribution in [3.8, 4) is 0 Å². The van der Waals surface area contributed by atoms with Crippen LogP contribution < -0.4 is 4.90 Å². The molecular formula is C9H10INO2. The van der Waals surface area contributed by atoms with Gasteiger partial charge in [-0.15, -0.1) is 0 Å². The quantitative estimate of drug-likeness (QED) is 0.744. The number of hydrogen-bond acceptors (Lipinski definition) is 2. The second kappa shape index (κ2) is 4.45. The van der Waals surface area contributed by atoms with Crippen LogP contribution in [0.2, 0.25) is 0 Å². The molecule has 1 aromatic carbocycles. The van der Waals surface area contributed by atoms with Crippen LogP contribution in [0.3, 0.4) is 0 Å². The van der Waals surface area contributed by atoms with E-state index in [4.69, 9.17) is 0 Å². The fourth-order valence-corrected chi connectivity index (χ4v) is 1.71. The molecule has 0 aromatic heterocycles. The lowest BCUT2D eigenvalue weighted by atomic mass is 10.3. The number of rotatable bonds is 1. The van der Waals surface area contributed by atoms with Crippen LogP contribution in [0.15, 0.2) is 24.3 Å². The van der Waals surface area contributed by atoms with Gasteiger partial charge in [0.1, 0.15) is 0 Å². The van der Waals surface area contributed by atoms with E-state index in [0.717, 1.165) is 9.26 Å². The molecule has 4 heteroatoms. The summed E-state index contributed by atoms with van der Waals surface area (Å²) in [7, 11) is 3.05. The molecule has 70 valence electrons. The third-order valence-electron chi connectivity index (χ3n) is 1.66. The largest absolute Gasteiger partial charge is 0.452 e. The molecule has 0 N–H and O–H groups in total. The molecule has 0 aliphatic rings. The number of para-hydroxylation sites is 1. The van der Waals surface area contributed by atoms with Gasteiger partial charge in [-0.1, -0.05) is 12.1 Å². The molecule has 3 nitrogen and oxygen atoms in total. The normalized spacial score (nSPS) is 9.46. The Balaban J connectivity index is 2.95. The summed E-state index contributed by atoms with van der Waals surface area (Å²) in [6.07, 6.45) is -0.357. The highest BCUT2D eigenvalue weighted by molar-refractivity contribution is 14.1. The maximum Gasteiger partial charge on any atom is 0.413 e. The van der Waals surface area contributed by atoms with E-state index in [1.54, 1.807) is 7.05 Å². The summed E-state index contributed by atoms with van der Waals surface area (Å²) in [6.45, 7) is 0. The minimum atomic E-state index is -0.357. The minimum absolute atomic E-state index is 0.357. The molecule has 0 aliphatic carbocycles. The Morgan fingerprint density at radius 2 is 2.08 bits per heavy atom. The van der Waals surface area contributed by atoms with E-state index < -0.39 is 0 Å². The third kappa shape index (κ3) is 2.33. The van der Waals surface area contributed by atoms with Crippen LogP contribution in [0.25, 0.3) is 0 Å². The molecule has 0 unspecified atom stereocenters. The molecule has 0 saturated heterocycles. The summed E-state index contributed by atoms with van der Waals surface area (Å²) < 4.78 is 5.63. The van der Waals surface area contributed by atoms with E-state index in [1.807, 2.05) is 24.3 Å². The van der Waals surface area contributed by atoms with Crippen molar-refractivity contribution in [2.24, 2.45) is 0 Å². The number of methoxy groups -OCH3 is 1. The number of ether oxygens (including phenoxy) is 1. The van der Waals surface area contributed by atoms with E-state index in [1.165, 1.54) is 12.0 Å². The Bertz CT molecular complexity index is 314. The first kappa shape index (κ1) is 10.3. The van der Waals surface area contributed by atoms with Crippen molar-refractivity contribution in [2.45, 2.75) is 0 Å². The van der Waals surface area contributed by atoms with Gasteiger partial charge in [0.25, 0.3) is 0 Å². The lowest BCUT2D eigenvalue weighted by molar-refractivity contribution is 0.180. The van der Waals surface area contributed by atoms with Gasteiger partial charge < -0.3 is 4.74 Å². The van der Waals surface area contributed by atoms with E-state index in [9.17, 15) is 4.79 Å². The molecule has 1 aromatic rings. The second-order valence-corrected chi connectivity index (χ2v) is 3.64. The summed E-state index contributed by atoms with van der Waals surface area (Å²) >= 11 is 2.18. The molecule has 0 heterocycles. The topological polar surface area (TPSA) is 29.5 Å². The SMILES string of the molecule is COC(=O)N(C)c1ccccc1I. The van der Waals surface area contributed by atoms with Gasteiger partial charge in [-0.05, 0) is 34.7 Å². The molecule has 0 atom stereocenters. The van der Waals surface area contributed by atoms with Crippen molar-refractivity contribution < 1.29 is 9.53 Å². The number of halogens is 1. The Hall–Kier alpha value is -0.780. The van der Waals surface area contributed by atoms with Crippen molar-refractivity contribution in [3.63, 3.8) is 0 Å². The molecule has 0 spiro atoms.